The third kappa shape index (κ3) is 2.91. The van der Waals surface area contributed by atoms with Crippen LogP contribution in [0.2, 0.25) is 0 Å². The van der Waals surface area contributed by atoms with Crippen LogP contribution in [0.1, 0.15) is 19.9 Å². The van der Waals surface area contributed by atoms with Gasteiger partial charge in [-0.05, 0) is 26.0 Å². The number of hydrazone groups is 1. The Morgan fingerprint density at radius 3 is 2.62 bits per heavy atom. The molecule has 0 bridgehead atoms. The van der Waals surface area contributed by atoms with E-state index in [1.165, 1.54) is 17.7 Å². The van der Waals surface area contributed by atoms with Crippen LogP contribution in [-0.2, 0) is 14.1 Å². The van der Waals surface area contributed by atoms with Crippen molar-refractivity contribution in [1.29, 1.82) is 0 Å². The number of nitrogens with one attached hydrogen (secondary N) is 1. The Morgan fingerprint density at radius 2 is 1.90 bits per heavy atom. The zero-order chi connectivity index (χ0) is 20.9. The number of halogens is 1. The van der Waals surface area contributed by atoms with Crippen molar-refractivity contribution < 1.29 is 4.39 Å². The topological polar surface area (TPSA) is 89.5 Å². The molecule has 1 atom stereocenters. The summed E-state index contributed by atoms with van der Waals surface area (Å²) in [6.07, 6.45) is 0. The Labute approximate surface area is 165 Å². The maximum Gasteiger partial charge on any atom is 0.332 e. The van der Waals surface area contributed by atoms with Crippen LogP contribution in [0.4, 0.5) is 16.0 Å². The van der Waals surface area contributed by atoms with Crippen molar-refractivity contribution in [3.05, 3.63) is 50.9 Å². The third-order valence-corrected chi connectivity index (χ3v) is 5.29. The largest absolute Gasteiger partial charge is 0.381 e. The molecule has 1 N–H and O–H groups in total. The zero-order valence-corrected chi connectivity index (χ0v) is 16.7. The number of imidazole rings is 1. The molecule has 1 aromatic carbocycles. The zero-order valence-electron chi connectivity index (χ0n) is 16.7. The summed E-state index contributed by atoms with van der Waals surface area (Å²) in [5.41, 5.74) is 1.06. The minimum absolute atomic E-state index is 0.184. The number of benzene rings is 1. The van der Waals surface area contributed by atoms with Crippen molar-refractivity contribution >= 4 is 28.5 Å². The minimum atomic E-state index is -0.434. The fourth-order valence-electron chi connectivity index (χ4n) is 3.51. The van der Waals surface area contributed by atoms with E-state index < -0.39 is 11.2 Å². The molecule has 0 aliphatic carbocycles. The average Bonchev–Trinajstić information content (AvgIpc) is 3.11. The molecule has 152 valence electrons. The van der Waals surface area contributed by atoms with Gasteiger partial charge in [0.25, 0.3) is 5.56 Å². The van der Waals surface area contributed by atoms with Gasteiger partial charge in [-0.3, -0.25) is 18.5 Å². The van der Waals surface area contributed by atoms with E-state index in [0.717, 1.165) is 10.3 Å². The molecular weight excluding hydrogens is 377 g/mol. The van der Waals surface area contributed by atoms with Crippen LogP contribution in [-0.4, -0.2) is 37.5 Å². The summed E-state index contributed by atoms with van der Waals surface area (Å²) >= 11 is 0. The molecule has 0 radical (unpaired) electrons. The first-order valence-electron chi connectivity index (χ1n) is 9.30. The van der Waals surface area contributed by atoms with E-state index in [0.29, 0.717) is 35.9 Å². The molecule has 0 saturated heterocycles. The molecule has 1 aliphatic rings. The molecule has 29 heavy (non-hydrogen) atoms. The lowest BCUT2D eigenvalue weighted by atomic mass is 10.2. The van der Waals surface area contributed by atoms with Gasteiger partial charge in [-0.1, -0.05) is 12.1 Å². The third-order valence-electron chi connectivity index (χ3n) is 5.29. The highest BCUT2D eigenvalue weighted by molar-refractivity contribution is 5.91. The van der Waals surface area contributed by atoms with Crippen molar-refractivity contribution in [1.82, 2.24) is 18.7 Å². The van der Waals surface area contributed by atoms with Crippen LogP contribution in [0.25, 0.3) is 11.2 Å². The van der Waals surface area contributed by atoms with Gasteiger partial charge in [0.15, 0.2) is 11.2 Å². The van der Waals surface area contributed by atoms with Gasteiger partial charge in [0, 0.05) is 20.6 Å². The number of aryl methyl sites for hydroxylation is 1. The molecule has 0 saturated carbocycles. The van der Waals surface area contributed by atoms with Gasteiger partial charge in [0.2, 0.25) is 5.95 Å². The molecule has 9 nitrogen and oxygen atoms in total. The molecule has 4 rings (SSSR count). The van der Waals surface area contributed by atoms with E-state index in [2.05, 4.69) is 15.4 Å². The quantitative estimate of drug-likeness (QED) is 0.717. The number of aromatic nitrogens is 4. The van der Waals surface area contributed by atoms with Crippen LogP contribution in [0.5, 0.6) is 0 Å². The molecule has 3 aromatic rings. The maximum atomic E-state index is 13.8. The standard InChI is InChI=1S/C19H22FN7O2/c1-11-12(2)27-15-16(24(3)19(29)25(4)17(15)28)22-18(27)26(23-11)10-9-21-14-8-6-5-7-13(14)20/h5-8,12,21H,9-10H2,1-4H3. The molecule has 0 fully saturated rings. The van der Waals surface area contributed by atoms with Gasteiger partial charge in [0.1, 0.15) is 5.82 Å². The SMILES string of the molecule is CC1=NN(CCNc2ccccc2F)c2nc3c(c(=O)n(C)c(=O)n3C)n2C1C. The van der Waals surface area contributed by atoms with Gasteiger partial charge in [-0.15, -0.1) is 0 Å². The van der Waals surface area contributed by atoms with Crippen molar-refractivity contribution in [2.24, 2.45) is 19.2 Å². The summed E-state index contributed by atoms with van der Waals surface area (Å²) in [7, 11) is 3.04. The normalized spacial score (nSPS) is 16.1. The Hall–Kier alpha value is -3.43. The molecule has 10 heteroatoms. The average molecular weight is 399 g/mol. The first-order valence-corrected chi connectivity index (χ1v) is 9.30. The number of fused-ring (bicyclic) bond motifs is 3. The van der Waals surface area contributed by atoms with E-state index in [9.17, 15) is 14.0 Å². The number of anilines is 2. The van der Waals surface area contributed by atoms with Crippen molar-refractivity contribution in [2.75, 3.05) is 23.4 Å². The highest BCUT2D eigenvalue weighted by Gasteiger charge is 2.30. The first kappa shape index (κ1) is 18.9. The molecule has 0 spiro atoms. The van der Waals surface area contributed by atoms with E-state index in [1.54, 1.807) is 30.3 Å². The maximum absolute atomic E-state index is 13.8. The van der Waals surface area contributed by atoms with Crippen LogP contribution in [0.3, 0.4) is 0 Å². The van der Waals surface area contributed by atoms with Gasteiger partial charge in [-0.25, -0.2) is 14.2 Å². The van der Waals surface area contributed by atoms with Crippen molar-refractivity contribution in [3.8, 4) is 0 Å². The van der Waals surface area contributed by atoms with Gasteiger partial charge < -0.3 is 5.32 Å². The first-order chi connectivity index (χ1) is 13.8. The minimum Gasteiger partial charge on any atom is -0.381 e. The fourth-order valence-corrected chi connectivity index (χ4v) is 3.51. The number of hydrogen-bond acceptors (Lipinski definition) is 6. The Balaban J connectivity index is 1.74. The predicted octanol–water partition coefficient (Wildman–Crippen LogP) is 1.44. The van der Waals surface area contributed by atoms with E-state index in [1.807, 2.05) is 18.4 Å². The molecule has 2 aromatic heterocycles. The molecule has 3 heterocycles. The van der Waals surface area contributed by atoms with Crippen LogP contribution >= 0.6 is 0 Å². The monoisotopic (exact) mass is 399 g/mol. The number of nitrogens with zero attached hydrogens (tertiary/aromatic N) is 6. The second kappa shape index (κ2) is 6.87. The summed E-state index contributed by atoms with van der Waals surface area (Å²) in [5.74, 6) is 0.150. The Bertz CT molecular complexity index is 1250. The van der Waals surface area contributed by atoms with Crippen molar-refractivity contribution in [2.45, 2.75) is 19.9 Å². The summed E-state index contributed by atoms with van der Waals surface area (Å²) in [6, 6.07) is 6.26. The number of para-hydroxylation sites is 1. The smallest absolute Gasteiger partial charge is 0.332 e. The molecule has 1 aliphatic heterocycles. The van der Waals surface area contributed by atoms with Gasteiger partial charge in [-0.2, -0.15) is 10.1 Å². The van der Waals surface area contributed by atoms with E-state index in [4.69, 9.17) is 0 Å². The summed E-state index contributed by atoms with van der Waals surface area (Å²) < 4.78 is 18.1. The van der Waals surface area contributed by atoms with E-state index in [-0.39, 0.29) is 11.9 Å². The Kier molecular flexibility index (Phi) is 4.48. The second-order valence-electron chi connectivity index (χ2n) is 7.11. The van der Waals surface area contributed by atoms with E-state index >= 15 is 0 Å². The highest BCUT2D eigenvalue weighted by Crippen LogP contribution is 2.29. The lowest BCUT2D eigenvalue weighted by molar-refractivity contribution is 0.626. The molecular formula is C19H22FN7O2. The second-order valence-corrected chi connectivity index (χ2v) is 7.11. The number of hydrogen-bond donors (Lipinski definition) is 1. The summed E-state index contributed by atoms with van der Waals surface area (Å²) in [6.45, 7) is 4.62. The summed E-state index contributed by atoms with van der Waals surface area (Å²) in [5, 5.41) is 9.32. The van der Waals surface area contributed by atoms with Crippen molar-refractivity contribution in [3.63, 3.8) is 0 Å². The summed E-state index contributed by atoms with van der Waals surface area (Å²) in [4.78, 5) is 29.7. The predicted molar refractivity (Wildman–Crippen MR) is 110 cm³/mol. The lowest BCUT2D eigenvalue weighted by Crippen LogP contribution is -2.39. The lowest BCUT2D eigenvalue weighted by Gasteiger charge is -2.29. The number of rotatable bonds is 4. The van der Waals surface area contributed by atoms with Crippen LogP contribution < -0.4 is 21.6 Å². The fraction of sp³-hybridized carbons (Fsp3) is 0.368. The molecule has 1 unspecified atom stereocenters. The highest BCUT2D eigenvalue weighted by atomic mass is 19.1. The Morgan fingerprint density at radius 1 is 1.17 bits per heavy atom. The molecule has 0 amide bonds. The van der Waals surface area contributed by atoms with Gasteiger partial charge in [0.05, 0.1) is 24.0 Å². The van der Waals surface area contributed by atoms with Gasteiger partial charge >= 0.3 is 5.69 Å². The van der Waals surface area contributed by atoms with Crippen LogP contribution in [0, 0.1) is 5.82 Å². The van der Waals surface area contributed by atoms with Crippen LogP contribution in [0.15, 0.2) is 39.0 Å².